The first-order valence-electron chi connectivity index (χ1n) is 7.07. The highest BCUT2D eigenvalue weighted by molar-refractivity contribution is 5.81. The van der Waals surface area contributed by atoms with Crippen LogP contribution in [0.3, 0.4) is 0 Å². The summed E-state index contributed by atoms with van der Waals surface area (Å²) in [6.07, 6.45) is 5.78. The van der Waals surface area contributed by atoms with Crippen LogP contribution in [0, 0.1) is 29.4 Å². The van der Waals surface area contributed by atoms with E-state index in [-0.39, 0.29) is 12.2 Å². The summed E-state index contributed by atoms with van der Waals surface area (Å²) >= 11 is 0. The molecule has 1 aromatic carbocycles. The maximum Gasteiger partial charge on any atom is 0.137 e. The molecule has 0 amide bonds. The topological polar surface area (TPSA) is 17.1 Å². The van der Waals surface area contributed by atoms with Crippen LogP contribution in [0.15, 0.2) is 18.2 Å². The maximum absolute atomic E-state index is 13.1. The highest BCUT2D eigenvalue weighted by Crippen LogP contribution is 2.49. The molecule has 1 aromatic rings. The van der Waals surface area contributed by atoms with Gasteiger partial charge in [0.25, 0.3) is 0 Å². The standard InChI is InChI=1S/C16H18F2O/c17-14-5-11(6-15(18)9-14)7-16(19)8-13-4-10-1-2-12(13)3-10/h5-6,9-10,12-13H,1-4,7-8H2. The minimum absolute atomic E-state index is 0.113. The number of carbonyl (C=O) groups is 1. The van der Waals surface area contributed by atoms with Gasteiger partial charge in [0, 0.05) is 18.9 Å². The first-order valence-corrected chi connectivity index (χ1v) is 7.07. The summed E-state index contributed by atoms with van der Waals surface area (Å²) < 4.78 is 26.1. The van der Waals surface area contributed by atoms with Gasteiger partial charge >= 0.3 is 0 Å². The molecule has 19 heavy (non-hydrogen) atoms. The molecule has 2 saturated carbocycles. The number of ketones is 1. The summed E-state index contributed by atoms with van der Waals surface area (Å²) in [5.41, 5.74) is 0.450. The number of fused-ring (bicyclic) bond motifs is 2. The average molecular weight is 264 g/mol. The molecule has 0 radical (unpaired) electrons. The third kappa shape index (κ3) is 2.85. The number of rotatable bonds is 4. The highest BCUT2D eigenvalue weighted by Gasteiger charge is 2.39. The van der Waals surface area contributed by atoms with Crippen LogP contribution in [0.1, 0.15) is 37.7 Å². The van der Waals surface area contributed by atoms with Gasteiger partial charge in [-0.25, -0.2) is 8.78 Å². The summed E-state index contributed by atoms with van der Waals surface area (Å²) in [7, 11) is 0. The van der Waals surface area contributed by atoms with E-state index in [0.29, 0.717) is 17.9 Å². The molecule has 0 spiro atoms. The Kier molecular flexibility index (Phi) is 3.38. The molecule has 3 atom stereocenters. The zero-order valence-electron chi connectivity index (χ0n) is 10.9. The second kappa shape index (κ2) is 5.03. The van der Waals surface area contributed by atoms with Gasteiger partial charge < -0.3 is 0 Å². The quantitative estimate of drug-likeness (QED) is 0.806. The van der Waals surface area contributed by atoms with Gasteiger partial charge in [-0.2, -0.15) is 0 Å². The Morgan fingerprint density at radius 2 is 1.84 bits per heavy atom. The summed E-state index contributed by atoms with van der Waals surface area (Å²) in [6, 6.07) is 3.34. The van der Waals surface area contributed by atoms with Crippen LogP contribution in [-0.4, -0.2) is 5.78 Å². The van der Waals surface area contributed by atoms with Crippen LogP contribution in [0.25, 0.3) is 0 Å². The molecular weight excluding hydrogens is 246 g/mol. The van der Waals surface area contributed by atoms with Crippen molar-refractivity contribution in [1.82, 2.24) is 0 Å². The fourth-order valence-corrected chi connectivity index (χ4v) is 3.93. The summed E-state index contributed by atoms with van der Waals surface area (Å²) in [5.74, 6) is 0.963. The number of Topliss-reactive ketones (excluding diaryl/α,β-unsaturated/α-hetero) is 1. The normalized spacial score (nSPS) is 28.8. The Labute approximate surface area is 112 Å². The van der Waals surface area contributed by atoms with Crippen molar-refractivity contribution in [2.45, 2.75) is 38.5 Å². The van der Waals surface area contributed by atoms with Crippen molar-refractivity contribution in [2.75, 3.05) is 0 Å². The Morgan fingerprint density at radius 3 is 2.42 bits per heavy atom. The largest absolute Gasteiger partial charge is 0.299 e. The number of carbonyl (C=O) groups excluding carboxylic acids is 1. The minimum Gasteiger partial charge on any atom is -0.299 e. The molecule has 1 nitrogen and oxygen atoms in total. The SMILES string of the molecule is O=C(Cc1cc(F)cc(F)c1)CC1CC2CCC1C2. The van der Waals surface area contributed by atoms with E-state index in [1.165, 1.54) is 37.8 Å². The lowest BCUT2D eigenvalue weighted by Crippen LogP contribution is -2.16. The van der Waals surface area contributed by atoms with E-state index in [0.717, 1.165) is 17.9 Å². The molecule has 0 heterocycles. The van der Waals surface area contributed by atoms with Crippen LogP contribution in [0.2, 0.25) is 0 Å². The number of benzene rings is 1. The molecule has 3 rings (SSSR count). The lowest BCUT2D eigenvalue weighted by Gasteiger charge is -2.20. The first-order chi connectivity index (χ1) is 9.10. The van der Waals surface area contributed by atoms with Crippen molar-refractivity contribution in [3.05, 3.63) is 35.4 Å². The molecule has 102 valence electrons. The Morgan fingerprint density at radius 1 is 1.11 bits per heavy atom. The number of hydrogen-bond donors (Lipinski definition) is 0. The third-order valence-corrected chi connectivity index (χ3v) is 4.70. The Balaban J connectivity index is 1.59. The predicted octanol–water partition coefficient (Wildman–Crippen LogP) is 3.90. The molecule has 0 aliphatic heterocycles. The lowest BCUT2D eigenvalue weighted by molar-refractivity contribution is -0.119. The smallest absolute Gasteiger partial charge is 0.137 e. The maximum atomic E-state index is 13.1. The summed E-state index contributed by atoms with van der Waals surface area (Å²) in [4.78, 5) is 12.0. The minimum atomic E-state index is -0.609. The molecule has 3 heteroatoms. The first kappa shape index (κ1) is 12.8. The average Bonchev–Trinajstić information content (AvgIpc) is 2.88. The second-order valence-electron chi connectivity index (χ2n) is 6.13. The Hall–Kier alpha value is -1.25. The van der Waals surface area contributed by atoms with Crippen LogP contribution in [0.4, 0.5) is 8.78 Å². The second-order valence-corrected chi connectivity index (χ2v) is 6.13. The number of halogens is 2. The fraction of sp³-hybridized carbons (Fsp3) is 0.562. The molecule has 0 aromatic heterocycles. The summed E-state index contributed by atoms with van der Waals surface area (Å²) in [6.45, 7) is 0. The van der Waals surface area contributed by atoms with E-state index in [2.05, 4.69) is 0 Å². The van der Waals surface area contributed by atoms with Gasteiger partial charge in [0.1, 0.15) is 17.4 Å². The van der Waals surface area contributed by atoms with Crippen molar-refractivity contribution in [3.8, 4) is 0 Å². The molecule has 2 fully saturated rings. The molecule has 3 unspecified atom stereocenters. The van der Waals surface area contributed by atoms with Gasteiger partial charge in [-0.1, -0.05) is 6.42 Å². The van der Waals surface area contributed by atoms with Crippen LogP contribution in [-0.2, 0) is 11.2 Å². The summed E-state index contributed by atoms with van der Waals surface area (Å²) in [5, 5.41) is 0. The van der Waals surface area contributed by atoms with Crippen molar-refractivity contribution >= 4 is 5.78 Å². The van der Waals surface area contributed by atoms with Crippen LogP contribution >= 0.6 is 0 Å². The van der Waals surface area contributed by atoms with Crippen molar-refractivity contribution in [2.24, 2.45) is 17.8 Å². The van der Waals surface area contributed by atoms with E-state index in [4.69, 9.17) is 0 Å². The zero-order chi connectivity index (χ0) is 13.4. The van der Waals surface area contributed by atoms with Crippen molar-refractivity contribution in [1.29, 1.82) is 0 Å². The fourth-order valence-electron chi connectivity index (χ4n) is 3.93. The van der Waals surface area contributed by atoms with E-state index < -0.39 is 11.6 Å². The molecule has 0 saturated heterocycles. The molecule has 2 aliphatic rings. The van der Waals surface area contributed by atoms with Gasteiger partial charge in [-0.05, 0) is 54.7 Å². The van der Waals surface area contributed by atoms with Crippen molar-refractivity contribution in [3.63, 3.8) is 0 Å². The molecule has 2 aliphatic carbocycles. The van der Waals surface area contributed by atoms with Crippen molar-refractivity contribution < 1.29 is 13.6 Å². The zero-order valence-corrected chi connectivity index (χ0v) is 10.9. The van der Waals surface area contributed by atoms with Gasteiger partial charge in [-0.15, -0.1) is 0 Å². The lowest BCUT2D eigenvalue weighted by atomic mass is 9.84. The highest BCUT2D eigenvalue weighted by atomic mass is 19.1. The van der Waals surface area contributed by atoms with E-state index in [1.807, 2.05) is 0 Å². The monoisotopic (exact) mass is 264 g/mol. The van der Waals surface area contributed by atoms with Gasteiger partial charge in [0.2, 0.25) is 0 Å². The molecule has 2 bridgehead atoms. The predicted molar refractivity (Wildman–Crippen MR) is 68.6 cm³/mol. The van der Waals surface area contributed by atoms with Crippen LogP contribution in [0.5, 0.6) is 0 Å². The third-order valence-electron chi connectivity index (χ3n) is 4.70. The van der Waals surface area contributed by atoms with Crippen LogP contribution < -0.4 is 0 Å². The van der Waals surface area contributed by atoms with E-state index in [9.17, 15) is 13.6 Å². The number of hydrogen-bond acceptors (Lipinski definition) is 1. The van der Waals surface area contributed by atoms with Gasteiger partial charge in [0.05, 0.1) is 0 Å². The molecule has 0 N–H and O–H groups in total. The van der Waals surface area contributed by atoms with E-state index >= 15 is 0 Å². The van der Waals surface area contributed by atoms with Gasteiger partial charge in [-0.3, -0.25) is 4.79 Å². The van der Waals surface area contributed by atoms with Gasteiger partial charge in [0.15, 0.2) is 0 Å². The Bertz CT molecular complexity index is 477. The molecular formula is C16H18F2O. The van der Waals surface area contributed by atoms with E-state index in [1.54, 1.807) is 0 Å².